The number of hydrogen-bond acceptors (Lipinski definition) is 3. The molecule has 5 nitrogen and oxygen atoms in total. The predicted octanol–water partition coefficient (Wildman–Crippen LogP) is 1.55. The molecule has 0 saturated heterocycles. The maximum atomic E-state index is 11.1. The molecule has 13 heavy (non-hydrogen) atoms. The Bertz CT molecular complexity index is 424. The standard InChI is InChI=1S/C7H7ClN2O3/c1-3-4(2)9-7(11)6(5(3)8)10(12)13/h1-2H3,(H,9,11). The maximum absolute atomic E-state index is 11.1. The largest absolute Gasteiger partial charge is 0.352 e. The van der Waals surface area contributed by atoms with Gasteiger partial charge in [0.05, 0.1) is 4.92 Å². The van der Waals surface area contributed by atoms with Crippen LogP contribution in [-0.4, -0.2) is 9.91 Å². The first-order valence-corrected chi connectivity index (χ1v) is 3.86. The summed E-state index contributed by atoms with van der Waals surface area (Å²) in [5, 5.41) is 10.3. The summed E-state index contributed by atoms with van der Waals surface area (Å²) in [6.45, 7) is 3.24. The molecule has 0 spiro atoms. The van der Waals surface area contributed by atoms with Crippen molar-refractivity contribution >= 4 is 17.3 Å². The van der Waals surface area contributed by atoms with Crippen LogP contribution >= 0.6 is 11.6 Å². The Balaban J connectivity index is 3.63. The average Bonchev–Trinajstić information content (AvgIpc) is 1.99. The van der Waals surface area contributed by atoms with E-state index in [1.807, 2.05) is 0 Å². The fourth-order valence-corrected chi connectivity index (χ4v) is 1.22. The molecule has 0 amide bonds. The SMILES string of the molecule is Cc1[nH]c(=O)c([N+](=O)[O-])c(Cl)c1C. The van der Waals surface area contributed by atoms with Gasteiger partial charge in [-0.2, -0.15) is 0 Å². The average molecular weight is 203 g/mol. The number of aryl methyl sites for hydroxylation is 1. The molecule has 1 aromatic heterocycles. The zero-order chi connectivity index (χ0) is 10.2. The molecule has 6 heteroatoms. The van der Waals surface area contributed by atoms with Crippen molar-refractivity contribution in [3.8, 4) is 0 Å². The van der Waals surface area contributed by atoms with Crippen molar-refractivity contribution < 1.29 is 4.92 Å². The minimum atomic E-state index is -0.784. The normalized spacial score (nSPS) is 10.1. The van der Waals surface area contributed by atoms with Gasteiger partial charge in [-0.15, -0.1) is 0 Å². The lowest BCUT2D eigenvalue weighted by molar-refractivity contribution is -0.386. The Hall–Kier alpha value is -1.36. The number of halogens is 1. The lowest BCUT2D eigenvalue weighted by atomic mass is 10.2. The molecule has 0 aliphatic rings. The quantitative estimate of drug-likeness (QED) is 0.555. The lowest BCUT2D eigenvalue weighted by Gasteiger charge is -2.01. The Kier molecular flexibility index (Phi) is 2.38. The second-order valence-corrected chi connectivity index (χ2v) is 3.00. The molecule has 1 heterocycles. The second kappa shape index (κ2) is 3.18. The topological polar surface area (TPSA) is 76.0 Å². The molecule has 0 atom stereocenters. The smallest absolute Gasteiger partial charge is 0.320 e. The van der Waals surface area contributed by atoms with E-state index < -0.39 is 16.2 Å². The summed E-state index contributed by atoms with van der Waals surface area (Å²) in [6, 6.07) is 0. The Morgan fingerprint density at radius 2 is 2.00 bits per heavy atom. The van der Waals surface area contributed by atoms with E-state index in [0.717, 1.165) is 0 Å². The van der Waals surface area contributed by atoms with Crippen molar-refractivity contribution in [3.05, 3.63) is 36.7 Å². The fourth-order valence-electron chi connectivity index (χ4n) is 0.928. The van der Waals surface area contributed by atoms with E-state index in [4.69, 9.17) is 11.6 Å². The van der Waals surface area contributed by atoms with Crippen LogP contribution in [0.5, 0.6) is 0 Å². The number of rotatable bonds is 1. The molecule has 0 unspecified atom stereocenters. The summed E-state index contributed by atoms with van der Waals surface area (Å²) >= 11 is 5.64. The highest BCUT2D eigenvalue weighted by Gasteiger charge is 2.20. The molecule has 0 bridgehead atoms. The first kappa shape index (κ1) is 9.73. The third-order valence-corrected chi connectivity index (χ3v) is 2.26. The minimum absolute atomic E-state index is 0.0914. The first-order chi connectivity index (χ1) is 5.95. The summed E-state index contributed by atoms with van der Waals surface area (Å²) in [6.07, 6.45) is 0. The van der Waals surface area contributed by atoms with E-state index in [-0.39, 0.29) is 5.02 Å². The van der Waals surface area contributed by atoms with Gasteiger partial charge in [0, 0.05) is 5.69 Å². The van der Waals surface area contributed by atoms with Crippen molar-refractivity contribution in [2.45, 2.75) is 13.8 Å². The maximum Gasteiger partial charge on any atom is 0.352 e. The number of nitrogens with one attached hydrogen (secondary N) is 1. The highest BCUT2D eigenvalue weighted by Crippen LogP contribution is 2.24. The van der Waals surface area contributed by atoms with E-state index >= 15 is 0 Å². The number of aromatic amines is 1. The summed E-state index contributed by atoms with van der Waals surface area (Å²) in [7, 11) is 0. The van der Waals surface area contributed by atoms with E-state index in [9.17, 15) is 14.9 Å². The van der Waals surface area contributed by atoms with Crippen LogP contribution < -0.4 is 5.56 Å². The molecule has 1 rings (SSSR count). The number of hydrogen-bond donors (Lipinski definition) is 1. The van der Waals surface area contributed by atoms with E-state index in [1.165, 1.54) is 0 Å². The summed E-state index contributed by atoms with van der Waals surface area (Å²) < 4.78 is 0. The van der Waals surface area contributed by atoms with Crippen LogP contribution in [0.1, 0.15) is 11.3 Å². The molecule has 1 aromatic rings. The van der Waals surface area contributed by atoms with Gasteiger partial charge in [-0.1, -0.05) is 11.6 Å². The first-order valence-electron chi connectivity index (χ1n) is 3.48. The van der Waals surface area contributed by atoms with Crippen LogP contribution in [0.3, 0.4) is 0 Å². The van der Waals surface area contributed by atoms with Gasteiger partial charge in [0.1, 0.15) is 5.02 Å². The van der Waals surface area contributed by atoms with Gasteiger partial charge in [-0.05, 0) is 19.4 Å². The highest BCUT2D eigenvalue weighted by molar-refractivity contribution is 6.33. The highest BCUT2D eigenvalue weighted by atomic mass is 35.5. The van der Waals surface area contributed by atoms with E-state index in [2.05, 4.69) is 4.98 Å². The number of nitro groups is 1. The third kappa shape index (κ3) is 1.55. The number of nitrogens with zero attached hydrogens (tertiary/aromatic N) is 1. The molecule has 0 aromatic carbocycles. The molecule has 0 fully saturated rings. The van der Waals surface area contributed by atoms with Crippen molar-refractivity contribution in [1.29, 1.82) is 0 Å². The molecular formula is C7H7ClN2O3. The summed E-state index contributed by atoms with van der Waals surface area (Å²) in [5.41, 5.74) is -0.295. The zero-order valence-corrected chi connectivity index (χ0v) is 7.81. The van der Waals surface area contributed by atoms with Crippen LogP contribution in [0.25, 0.3) is 0 Å². The van der Waals surface area contributed by atoms with Crippen molar-refractivity contribution in [2.75, 3.05) is 0 Å². The monoisotopic (exact) mass is 202 g/mol. The number of H-pyrrole nitrogens is 1. The molecule has 1 N–H and O–H groups in total. The summed E-state index contributed by atoms with van der Waals surface area (Å²) in [4.78, 5) is 23.0. The van der Waals surface area contributed by atoms with Gasteiger partial charge in [0.2, 0.25) is 0 Å². The molecule has 70 valence electrons. The van der Waals surface area contributed by atoms with Crippen LogP contribution in [0.4, 0.5) is 5.69 Å². The van der Waals surface area contributed by atoms with Crippen LogP contribution in [-0.2, 0) is 0 Å². The Morgan fingerprint density at radius 1 is 1.46 bits per heavy atom. The molecular weight excluding hydrogens is 196 g/mol. The molecule has 0 aliphatic carbocycles. The molecule has 0 aliphatic heterocycles. The van der Waals surface area contributed by atoms with Gasteiger partial charge in [0.25, 0.3) is 0 Å². The van der Waals surface area contributed by atoms with E-state index in [0.29, 0.717) is 11.3 Å². The lowest BCUT2D eigenvalue weighted by Crippen LogP contribution is -2.14. The van der Waals surface area contributed by atoms with Crippen molar-refractivity contribution in [1.82, 2.24) is 4.98 Å². The molecule has 0 radical (unpaired) electrons. The molecule has 0 saturated carbocycles. The van der Waals surface area contributed by atoms with Gasteiger partial charge in [-0.25, -0.2) is 0 Å². The van der Waals surface area contributed by atoms with Crippen LogP contribution in [0.2, 0.25) is 5.02 Å². The van der Waals surface area contributed by atoms with Gasteiger partial charge < -0.3 is 4.98 Å². The second-order valence-electron chi connectivity index (χ2n) is 2.62. The Labute approximate surface area is 78.5 Å². The predicted molar refractivity (Wildman–Crippen MR) is 48.2 cm³/mol. The fraction of sp³-hybridized carbons (Fsp3) is 0.286. The van der Waals surface area contributed by atoms with Gasteiger partial charge in [-0.3, -0.25) is 14.9 Å². The van der Waals surface area contributed by atoms with E-state index in [1.54, 1.807) is 13.8 Å². The van der Waals surface area contributed by atoms with Crippen LogP contribution in [0.15, 0.2) is 4.79 Å². The third-order valence-electron chi connectivity index (χ3n) is 1.80. The van der Waals surface area contributed by atoms with Gasteiger partial charge in [0.15, 0.2) is 0 Å². The Morgan fingerprint density at radius 3 is 2.46 bits per heavy atom. The number of aromatic nitrogens is 1. The summed E-state index contributed by atoms with van der Waals surface area (Å²) in [5.74, 6) is 0. The van der Waals surface area contributed by atoms with Crippen molar-refractivity contribution in [3.63, 3.8) is 0 Å². The van der Waals surface area contributed by atoms with Crippen LogP contribution in [0, 0.1) is 24.0 Å². The van der Waals surface area contributed by atoms with Crippen molar-refractivity contribution in [2.24, 2.45) is 0 Å². The van der Waals surface area contributed by atoms with Gasteiger partial charge >= 0.3 is 11.2 Å². The number of pyridine rings is 1. The minimum Gasteiger partial charge on any atom is -0.320 e. The zero-order valence-electron chi connectivity index (χ0n) is 7.05.